The number of hydrogen-bond donors (Lipinski definition) is 2. The van der Waals surface area contributed by atoms with Crippen LogP contribution in [0.25, 0.3) is 0 Å². The molecule has 7 heteroatoms. The van der Waals surface area contributed by atoms with Gasteiger partial charge in [0.2, 0.25) is 11.8 Å². The van der Waals surface area contributed by atoms with Crippen LogP contribution in [0, 0.1) is 11.6 Å². The number of fused-ring (bicyclic) bond motifs is 1. The van der Waals surface area contributed by atoms with E-state index in [4.69, 9.17) is 0 Å². The average molecular weight is 334 g/mol. The SMILES string of the molecule is O=C(CC1Sc2ccccc2NC1=O)Nc1ccc(F)cc1F. The number of para-hydroxylation sites is 1. The molecule has 0 fully saturated rings. The van der Waals surface area contributed by atoms with Crippen molar-refractivity contribution in [3.63, 3.8) is 0 Å². The third kappa shape index (κ3) is 3.50. The second-order valence-corrected chi connectivity index (χ2v) is 6.21. The number of hydrogen-bond acceptors (Lipinski definition) is 3. The predicted octanol–water partition coefficient (Wildman–Crippen LogP) is 3.41. The molecule has 2 aromatic rings. The molecule has 1 atom stereocenters. The van der Waals surface area contributed by atoms with Crippen LogP contribution in [0.1, 0.15) is 6.42 Å². The Kier molecular flexibility index (Phi) is 4.29. The lowest BCUT2D eigenvalue weighted by Crippen LogP contribution is -2.32. The first-order chi connectivity index (χ1) is 11.0. The van der Waals surface area contributed by atoms with Gasteiger partial charge in [0, 0.05) is 17.4 Å². The highest BCUT2D eigenvalue weighted by atomic mass is 32.2. The van der Waals surface area contributed by atoms with Crippen molar-refractivity contribution in [2.45, 2.75) is 16.6 Å². The standard InChI is InChI=1S/C16H12F2N2O2S/c17-9-5-6-11(10(18)7-9)19-15(21)8-14-16(22)20-12-3-1-2-4-13(12)23-14/h1-7,14H,8H2,(H,19,21)(H,20,22). The molecule has 3 rings (SSSR count). The van der Waals surface area contributed by atoms with Crippen molar-refractivity contribution in [1.29, 1.82) is 0 Å². The van der Waals surface area contributed by atoms with Crippen LogP contribution in [0.15, 0.2) is 47.4 Å². The van der Waals surface area contributed by atoms with E-state index in [0.717, 1.165) is 17.0 Å². The van der Waals surface area contributed by atoms with Gasteiger partial charge < -0.3 is 10.6 Å². The molecule has 2 amide bonds. The van der Waals surface area contributed by atoms with Crippen LogP contribution in [-0.2, 0) is 9.59 Å². The molecule has 4 nitrogen and oxygen atoms in total. The fourth-order valence-corrected chi connectivity index (χ4v) is 3.30. The molecular formula is C16H12F2N2O2S. The van der Waals surface area contributed by atoms with E-state index in [1.807, 2.05) is 18.2 Å². The number of rotatable bonds is 3. The number of anilines is 2. The van der Waals surface area contributed by atoms with E-state index >= 15 is 0 Å². The quantitative estimate of drug-likeness (QED) is 0.904. The number of benzene rings is 2. The van der Waals surface area contributed by atoms with Gasteiger partial charge in [-0.15, -0.1) is 11.8 Å². The number of nitrogens with one attached hydrogen (secondary N) is 2. The third-order valence-electron chi connectivity index (χ3n) is 3.28. The number of thioether (sulfide) groups is 1. The highest BCUT2D eigenvalue weighted by Crippen LogP contribution is 2.36. The lowest BCUT2D eigenvalue weighted by atomic mass is 10.2. The first kappa shape index (κ1) is 15.5. The molecule has 2 aromatic carbocycles. The zero-order chi connectivity index (χ0) is 16.4. The summed E-state index contributed by atoms with van der Waals surface area (Å²) in [6.07, 6.45) is -0.109. The van der Waals surface area contributed by atoms with E-state index in [1.165, 1.54) is 11.8 Å². The molecule has 0 bridgehead atoms. The first-order valence-corrected chi connectivity index (χ1v) is 7.72. The minimum absolute atomic E-state index is 0.109. The largest absolute Gasteiger partial charge is 0.324 e. The number of amides is 2. The Bertz CT molecular complexity index is 782. The Labute approximate surface area is 135 Å². The first-order valence-electron chi connectivity index (χ1n) is 6.84. The highest BCUT2D eigenvalue weighted by Gasteiger charge is 2.28. The third-order valence-corrected chi connectivity index (χ3v) is 4.56. The molecule has 0 radical (unpaired) electrons. The molecule has 0 saturated carbocycles. The van der Waals surface area contributed by atoms with Crippen molar-refractivity contribution < 1.29 is 18.4 Å². The summed E-state index contributed by atoms with van der Waals surface area (Å²) < 4.78 is 26.4. The van der Waals surface area contributed by atoms with Crippen LogP contribution in [0.5, 0.6) is 0 Å². The van der Waals surface area contributed by atoms with Crippen molar-refractivity contribution >= 4 is 35.0 Å². The maximum atomic E-state index is 13.5. The summed E-state index contributed by atoms with van der Waals surface area (Å²) in [5, 5.41) is 4.49. The van der Waals surface area contributed by atoms with E-state index in [0.29, 0.717) is 11.8 Å². The summed E-state index contributed by atoms with van der Waals surface area (Å²) in [5.74, 6) is -2.37. The highest BCUT2D eigenvalue weighted by molar-refractivity contribution is 8.01. The number of halogens is 2. The smallest absolute Gasteiger partial charge is 0.238 e. The minimum Gasteiger partial charge on any atom is -0.324 e. The van der Waals surface area contributed by atoms with Crippen LogP contribution in [0.4, 0.5) is 20.2 Å². The Morgan fingerprint density at radius 3 is 2.78 bits per heavy atom. The Hall–Kier alpha value is -2.41. The average Bonchev–Trinajstić information content (AvgIpc) is 2.51. The van der Waals surface area contributed by atoms with Crippen molar-refractivity contribution in [3.8, 4) is 0 Å². The molecule has 1 aliphatic rings. The van der Waals surface area contributed by atoms with Gasteiger partial charge in [-0.25, -0.2) is 8.78 Å². The van der Waals surface area contributed by atoms with Gasteiger partial charge in [-0.2, -0.15) is 0 Å². The predicted molar refractivity (Wildman–Crippen MR) is 84.3 cm³/mol. The normalized spacial score (nSPS) is 16.4. The van der Waals surface area contributed by atoms with Gasteiger partial charge in [-0.3, -0.25) is 9.59 Å². The molecule has 0 saturated heterocycles. The van der Waals surface area contributed by atoms with Gasteiger partial charge in [0.15, 0.2) is 0 Å². The van der Waals surface area contributed by atoms with Gasteiger partial charge in [0.1, 0.15) is 11.6 Å². The van der Waals surface area contributed by atoms with Gasteiger partial charge in [-0.1, -0.05) is 12.1 Å². The number of carbonyl (C=O) groups is 2. The van der Waals surface area contributed by atoms with Crippen LogP contribution in [0.3, 0.4) is 0 Å². The Morgan fingerprint density at radius 1 is 1.22 bits per heavy atom. The molecule has 2 N–H and O–H groups in total. The van der Waals surface area contributed by atoms with Gasteiger partial charge >= 0.3 is 0 Å². The lowest BCUT2D eigenvalue weighted by Gasteiger charge is -2.23. The van der Waals surface area contributed by atoms with Gasteiger partial charge in [0.05, 0.1) is 16.6 Å². The maximum Gasteiger partial charge on any atom is 0.238 e. The molecule has 0 spiro atoms. The molecule has 0 aromatic heterocycles. The van der Waals surface area contributed by atoms with Crippen LogP contribution in [-0.4, -0.2) is 17.1 Å². The molecule has 0 aliphatic carbocycles. The van der Waals surface area contributed by atoms with E-state index in [-0.39, 0.29) is 18.0 Å². The van der Waals surface area contributed by atoms with E-state index in [2.05, 4.69) is 10.6 Å². The molecular weight excluding hydrogens is 322 g/mol. The summed E-state index contributed by atoms with van der Waals surface area (Å²) >= 11 is 1.28. The van der Waals surface area contributed by atoms with Crippen molar-refractivity contribution in [2.24, 2.45) is 0 Å². The Balaban J connectivity index is 1.67. The summed E-state index contributed by atoms with van der Waals surface area (Å²) in [7, 11) is 0. The maximum absolute atomic E-state index is 13.5. The van der Waals surface area contributed by atoms with Crippen LogP contribution < -0.4 is 10.6 Å². The lowest BCUT2D eigenvalue weighted by molar-refractivity contribution is -0.120. The molecule has 23 heavy (non-hydrogen) atoms. The summed E-state index contributed by atoms with van der Waals surface area (Å²) in [5.41, 5.74) is 0.599. The zero-order valence-corrected chi connectivity index (χ0v) is 12.6. The van der Waals surface area contributed by atoms with E-state index < -0.39 is 22.8 Å². The van der Waals surface area contributed by atoms with Crippen LogP contribution >= 0.6 is 11.8 Å². The fraction of sp³-hybridized carbons (Fsp3) is 0.125. The topological polar surface area (TPSA) is 58.2 Å². The van der Waals surface area contributed by atoms with Crippen molar-refractivity contribution in [2.75, 3.05) is 10.6 Å². The second-order valence-electron chi connectivity index (χ2n) is 4.97. The summed E-state index contributed by atoms with van der Waals surface area (Å²) in [6, 6.07) is 10.2. The van der Waals surface area contributed by atoms with Crippen molar-refractivity contribution in [1.82, 2.24) is 0 Å². The molecule has 1 aliphatic heterocycles. The van der Waals surface area contributed by atoms with E-state index in [9.17, 15) is 18.4 Å². The second kappa shape index (κ2) is 6.37. The minimum atomic E-state index is -0.857. The molecule has 1 unspecified atom stereocenters. The monoisotopic (exact) mass is 334 g/mol. The Morgan fingerprint density at radius 2 is 2.00 bits per heavy atom. The fourth-order valence-electron chi connectivity index (χ4n) is 2.19. The van der Waals surface area contributed by atoms with E-state index in [1.54, 1.807) is 6.07 Å². The summed E-state index contributed by atoms with van der Waals surface area (Å²) in [6.45, 7) is 0. The molecule has 118 valence electrons. The van der Waals surface area contributed by atoms with Crippen molar-refractivity contribution in [3.05, 3.63) is 54.1 Å². The van der Waals surface area contributed by atoms with Crippen LogP contribution in [0.2, 0.25) is 0 Å². The van der Waals surface area contributed by atoms with Gasteiger partial charge in [-0.05, 0) is 24.3 Å². The van der Waals surface area contributed by atoms with Gasteiger partial charge in [0.25, 0.3) is 0 Å². The zero-order valence-electron chi connectivity index (χ0n) is 11.8. The number of carbonyl (C=O) groups excluding carboxylic acids is 2. The molecule has 1 heterocycles. The summed E-state index contributed by atoms with van der Waals surface area (Å²) in [4.78, 5) is 24.9.